The van der Waals surface area contributed by atoms with Gasteiger partial charge in [0.25, 0.3) is 5.22 Å². The predicted molar refractivity (Wildman–Crippen MR) is 109 cm³/mol. The van der Waals surface area contributed by atoms with Gasteiger partial charge in [0.05, 0.1) is 5.69 Å². The van der Waals surface area contributed by atoms with Crippen LogP contribution in [0.1, 0.15) is 11.1 Å². The molecular weight excluding hydrogens is 354 g/mol. The molecule has 0 bridgehead atoms. The third-order valence-corrected chi connectivity index (χ3v) is 4.78. The molecule has 0 N–H and O–H groups in total. The minimum absolute atomic E-state index is 0.518. The molecule has 4 nitrogen and oxygen atoms in total. The molecule has 0 aliphatic carbocycles. The lowest BCUT2D eigenvalue weighted by Crippen LogP contribution is -1.79. The van der Waals surface area contributed by atoms with E-state index in [2.05, 4.69) is 27.3 Å². The summed E-state index contributed by atoms with van der Waals surface area (Å²) in [5.41, 5.74) is 4.05. The standard InChI is InChI=1S/C22H17N3OS/c1-3-7-17(8-4-1)15-23-20-13-11-19(12-14-20)21-24-25-22(26-21)27-16-18-9-5-2-6-10-18/h1-15H,16H2. The molecular formula is C22H17N3OS. The third kappa shape index (κ3) is 4.71. The second kappa shape index (κ2) is 8.47. The van der Waals surface area contributed by atoms with Gasteiger partial charge in [-0.1, -0.05) is 72.4 Å². The fraction of sp³-hybridized carbons (Fsp3) is 0.0455. The first-order valence-corrected chi connectivity index (χ1v) is 9.55. The van der Waals surface area contributed by atoms with Gasteiger partial charge in [-0.25, -0.2) is 0 Å². The molecule has 27 heavy (non-hydrogen) atoms. The van der Waals surface area contributed by atoms with Crippen molar-refractivity contribution in [1.29, 1.82) is 0 Å². The van der Waals surface area contributed by atoms with Crippen molar-refractivity contribution >= 4 is 23.7 Å². The maximum atomic E-state index is 5.76. The average Bonchev–Trinajstić information content (AvgIpc) is 3.22. The van der Waals surface area contributed by atoms with Crippen LogP contribution in [0.4, 0.5) is 5.69 Å². The van der Waals surface area contributed by atoms with Crippen LogP contribution in [0.5, 0.6) is 0 Å². The van der Waals surface area contributed by atoms with Crippen molar-refractivity contribution in [2.24, 2.45) is 4.99 Å². The first-order valence-electron chi connectivity index (χ1n) is 8.57. The maximum Gasteiger partial charge on any atom is 0.277 e. The van der Waals surface area contributed by atoms with E-state index in [1.54, 1.807) is 0 Å². The summed E-state index contributed by atoms with van der Waals surface area (Å²) >= 11 is 1.53. The van der Waals surface area contributed by atoms with Crippen molar-refractivity contribution in [3.63, 3.8) is 0 Å². The van der Waals surface area contributed by atoms with E-state index >= 15 is 0 Å². The highest BCUT2D eigenvalue weighted by atomic mass is 32.2. The van der Waals surface area contributed by atoms with E-state index in [4.69, 9.17) is 4.42 Å². The number of nitrogens with zero attached hydrogens (tertiary/aromatic N) is 3. The predicted octanol–water partition coefficient (Wildman–Crippen LogP) is 5.78. The summed E-state index contributed by atoms with van der Waals surface area (Å²) in [5, 5.41) is 8.84. The quantitative estimate of drug-likeness (QED) is 0.318. The van der Waals surface area contributed by atoms with Gasteiger partial charge in [0, 0.05) is 17.5 Å². The highest BCUT2D eigenvalue weighted by molar-refractivity contribution is 7.98. The Morgan fingerprint density at radius 1 is 0.815 bits per heavy atom. The molecule has 4 rings (SSSR count). The van der Waals surface area contributed by atoms with Gasteiger partial charge in [0.15, 0.2) is 0 Å². The van der Waals surface area contributed by atoms with Crippen molar-refractivity contribution in [2.45, 2.75) is 11.0 Å². The van der Waals surface area contributed by atoms with Crippen LogP contribution in [0.2, 0.25) is 0 Å². The van der Waals surface area contributed by atoms with E-state index in [-0.39, 0.29) is 0 Å². The number of aliphatic imine (C=N–C) groups is 1. The van der Waals surface area contributed by atoms with Crippen LogP contribution in [0.15, 0.2) is 99.6 Å². The highest BCUT2D eigenvalue weighted by Crippen LogP contribution is 2.26. The van der Waals surface area contributed by atoms with Gasteiger partial charge in [-0.2, -0.15) is 0 Å². The van der Waals surface area contributed by atoms with Crippen molar-refractivity contribution in [3.05, 3.63) is 96.1 Å². The van der Waals surface area contributed by atoms with Gasteiger partial charge in [-0.15, -0.1) is 10.2 Å². The minimum Gasteiger partial charge on any atom is -0.411 e. The van der Waals surface area contributed by atoms with Crippen LogP contribution in [0.25, 0.3) is 11.5 Å². The van der Waals surface area contributed by atoms with Crippen molar-refractivity contribution < 1.29 is 4.42 Å². The molecule has 0 radical (unpaired) electrons. The molecule has 1 heterocycles. The van der Waals surface area contributed by atoms with Crippen LogP contribution >= 0.6 is 11.8 Å². The van der Waals surface area contributed by atoms with E-state index in [1.807, 2.05) is 79.0 Å². The van der Waals surface area contributed by atoms with Gasteiger partial charge in [-0.3, -0.25) is 4.99 Å². The Hall–Kier alpha value is -3.18. The monoisotopic (exact) mass is 371 g/mol. The van der Waals surface area contributed by atoms with Gasteiger partial charge in [-0.05, 0) is 35.4 Å². The lowest BCUT2D eigenvalue weighted by atomic mass is 10.2. The molecule has 0 spiro atoms. The highest BCUT2D eigenvalue weighted by Gasteiger charge is 2.09. The summed E-state index contributed by atoms with van der Waals surface area (Å²) in [6.07, 6.45) is 1.85. The van der Waals surface area contributed by atoms with E-state index in [0.717, 1.165) is 22.6 Å². The normalized spacial score (nSPS) is 11.1. The Bertz CT molecular complexity index is 1010. The fourth-order valence-electron chi connectivity index (χ4n) is 2.48. The van der Waals surface area contributed by atoms with Crippen molar-refractivity contribution in [3.8, 4) is 11.5 Å². The van der Waals surface area contributed by atoms with E-state index in [0.29, 0.717) is 11.1 Å². The number of rotatable bonds is 6. The zero-order chi connectivity index (χ0) is 18.3. The molecule has 0 atom stereocenters. The summed E-state index contributed by atoms with van der Waals surface area (Å²) in [6.45, 7) is 0. The zero-order valence-electron chi connectivity index (χ0n) is 14.5. The SMILES string of the molecule is C(=Nc1ccc(-c2nnc(SCc3ccccc3)o2)cc1)c1ccccc1. The average molecular weight is 371 g/mol. The fourth-order valence-corrected chi connectivity index (χ4v) is 3.20. The van der Waals surface area contributed by atoms with Gasteiger partial charge < -0.3 is 4.42 Å². The number of thioether (sulfide) groups is 1. The summed E-state index contributed by atoms with van der Waals surface area (Å²) in [4.78, 5) is 4.48. The Kier molecular flexibility index (Phi) is 5.41. The minimum atomic E-state index is 0.518. The molecule has 0 fully saturated rings. The number of aromatic nitrogens is 2. The number of hydrogen-bond donors (Lipinski definition) is 0. The maximum absolute atomic E-state index is 5.76. The van der Waals surface area contributed by atoms with Crippen LogP contribution in [0.3, 0.4) is 0 Å². The van der Waals surface area contributed by atoms with Crippen molar-refractivity contribution in [1.82, 2.24) is 10.2 Å². The van der Waals surface area contributed by atoms with E-state index in [9.17, 15) is 0 Å². The smallest absolute Gasteiger partial charge is 0.277 e. The Morgan fingerprint density at radius 2 is 1.52 bits per heavy atom. The van der Waals surface area contributed by atoms with Crippen molar-refractivity contribution in [2.75, 3.05) is 0 Å². The molecule has 0 aliphatic rings. The van der Waals surface area contributed by atoms with Crippen LogP contribution in [0, 0.1) is 0 Å². The molecule has 0 aliphatic heterocycles. The molecule has 4 aromatic rings. The molecule has 3 aromatic carbocycles. The lowest BCUT2D eigenvalue weighted by molar-refractivity contribution is 0.466. The number of hydrogen-bond acceptors (Lipinski definition) is 5. The summed E-state index contributed by atoms with van der Waals surface area (Å²) in [6, 6.07) is 28.0. The molecule has 0 saturated heterocycles. The van der Waals surface area contributed by atoms with Gasteiger partial charge in [0.1, 0.15) is 0 Å². The lowest BCUT2D eigenvalue weighted by Gasteiger charge is -1.98. The van der Waals surface area contributed by atoms with E-state index < -0.39 is 0 Å². The van der Waals surface area contributed by atoms with Crippen LogP contribution in [-0.4, -0.2) is 16.4 Å². The Morgan fingerprint density at radius 3 is 2.26 bits per heavy atom. The van der Waals surface area contributed by atoms with E-state index in [1.165, 1.54) is 17.3 Å². The van der Waals surface area contributed by atoms with Crippen LogP contribution in [-0.2, 0) is 5.75 Å². The molecule has 1 aromatic heterocycles. The summed E-state index contributed by atoms with van der Waals surface area (Å²) < 4.78 is 5.76. The third-order valence-electron chi connectivity index (χ3n) is 3.89. The first-order chi connectivity index (χ1) is 13.4. The topological polar surface area (TPSA) is 51.3 Å². The second-order valence-electron chi connectivity index (χ2n) is 5.86. The van der Waals surface area contributed by atoms with Gasteiger partial charge in [0.2, 0.25) is 5.89 Å². The van der Waals surface area contributed by atoms with Gasteiger partial charge >= 0.3 is 0 Å². The Balaban J connectivity index is 1.40. The largest absolute Gasteiger partial charge is 0.411 e. The first kappa shape index (κ1) is 17.2. The Labute approximate surface area is 162 Å². The molecule has 0 amide bonds. The molecule has 132 valence electrons. The molecule has 5 heteroatoms. The molecule has 0 unspecified atom stereocenters. The second-order valence-corrected chi connectivity index (χ2v) is 6.79. The zero-order valence-corrected chi connectivity index (χ0v) is 15.3. The number of benzene rings is 3. The molecule has 0 saturated carbocycles. The summed E-state index contributed by atoms with van der Waals surface area (Å²) in [5.74, 6) is 1.32. The van der Waals surface area contributed by atoms with Crippen LogP contribution < -0.4 is 0 Å². The summed E-state index contributed by atoms with van der Waals surface area (Å²) in [7, 11) is 0.